The third kappa shape index (κ3) is 3.48. The van der Waals surface area contributed by atoms with E-state index in [4.69, 9.17) is 0 Å². The van der Waals surface area contributed by atoms with Crippen LogP contribution in [-0.2, 0) is 11.3 Å². The lowest BCUT2D eigenvalue weighted by Gasteiger charge is -2.32. The molecule has 1 N–H and O–H groups in total. The average molecular weight is 371 g/mol. The van der Waals surface area contributed by atoms with Gasteiger partial charge in [-0.2, -0.15) is 0 Å². The summed E-state index contributed by atoms with van der Waals surface area (Å²) in [4.78, 5) is 31.4. The maximum absolute atomic E-state index is 13.0. The van der Waals surface area contributed by atoms with Gasteiger partial charge in [-0.05, 0) is 43.5 Å². The van der Waals surface area contributed by atoms with E-state index >= 15 is 0 Å². The fourth-order valence-corrected chi connectivity index (χ4v) is 5.04. The number of benzene rings is 1. The molecule has 0 bridgehead atoms. The number of nitrogens with zero attached hydrogens (tertiary/aromatic N) is 3. The molecule has 2 atom stereocenters. The first-order valence-electron chi connectivity index (χ1n) is 10.0. The van der Waals surface area contributed by atoms with Crippen molar-refractivity contribution in [1.82, 2.24) is 14.7 Å². The molecule has 0 radical (unpaired) electrons. The van der Waals surface area contributed by atoms with Crippen LogP contribution in [0.1, 0.15) is 35.2 Å². The van der Waals surface area contributed by atoms with Crippen LogP contribution in [0.25, 0.3) is 0 Å². The zero-order valence-corrected chi connectivity index (χ0v) is 16.1. The van der Waals surface area contributed by atoms with Gasteiger partial charge in [-0.3, -0.25) is 14.5 Å². The fourth-order valence-electron chi connectivity index (χ4n) is 5.04. The van der Waals surface area contributed by atoms with Gasteiger partial charge in [0.05, 0.1) is 5.41 Å². The third-order valence-corrected chi connectivity index (χ3v) is 6.76. The number of carbonyl (C=O) groups excluding carboxylic acids is 1. The van der Waals surface area contributed by atoms with E-state index in [-0.39, 0.29) is 11.8 Å². The van der Waals surface area contributed by atoms with Gasteiger partial charge in [-0.25, -0.2) is 0 Å². The second-order valence-corrected chi connectivity index (χ2v) is 8.52. The second kappa shape index (κ2) is 7.24. The van der Waals surface area contributed by atoms with Crippen molar-refractivity contribution in [2.45, 2.75) is 25.8 Å². The van der Waals surface area contributed by atoms with Crippen LogP contribution in [0.2, 0.25) is 0 Å². The highest BCUT2D eigenvalue weighted by atomic mass is 16.4. The number of carboxylic acids is 1. The normalized spacial score (nSPS) is 29.1. The summed E-state index contributed by atoms with van der Waals surface area (Å²) in [6, 6.07) is 7.87. The van der Waals surface area contributed by atoms with Gasteiger partial charge >= 0.3 is 5.97 Å². The molecule has 1 amide bonds. The summed E-state index contributed by atoms with van der Waals surface area (Å²) in [5, 5.41) is 9.74. The van der Waals surface area contributed by atoms with E-state index in [1.165, 1.54) is 0 Å². The monoisotopic (exact) mass is 371 g/mol. The highest BCUT2D eigenvalue weighted by molar-refractivity contribution is 5.95. The van der Waals surface area contributed by atoms with E-state index in [0.717, 1.165) is 51.1 Å². The molecular weight excluding hydrogens is 342 g/mol. The number of piperazine rings is 1. The number of likely N-dealkylation sites (tertiary alicyclic amines) is 1. The van der Waals surface area contributed by atoms with Crippen LogP contribution in [0.15, 0.2) is 24.3 Å². The minimum atomic E-state index is -0.732. The van der Waals surface area contributed by atoms with Crippen LogP contribution in [0.3, 0.4) is 0 Å². The number of aliphatic carboxylic acids is 1. The van der Waals surface area contributed by atoms with Crippen molar-refractivity contribution in [3.05, 3.63) is 35.4 Å². The number of rotatable bonds is 4. The first-order chi connectivity index (χ1) is 13.0. The van der Waals surface area contributed by atoms with Crippen LogP contribution in [-0.4, -0.2) is 78.0 Å². The number of hydrogen-bond acceptors (Lipinski definition) is 4. The maximum Gasteiger partial charge on any atom is 0.311 e. The van der Waals surface area contributed by atoms with Crippen molar-refractivity contribution in [2.24, 2.45) is 11.3 Å². The number of likely N-dealkylation sites (N-methyl/N-ethyl adjacent to an activating group) is 1. The Labute approximate surface area is 160 Å². The Kier molecular flexibility index (Phi) is 4.95. The minimum absolute atomic E-state index is 0.0229. The van der Waals surface area contributed by atoms with Crippen molar-refractivity contribution < 1.29 is 14.7 Å². The standard InChI is InChI=1S/C21H29N3O3/c1-22-8-10-23(11-9-22)13-16-4-2-5-17(12-16)19(25)24-14-18-6-3-7-21(18,15-24)20(26)27/h2,4-5,12,18H,3,6-11,13-15H2,1H3,(H,26,27)/t18-,21+/m0/s1. The summed E-state index contributed by atoms with van der Waals surface area (Å²) in [7, 11) is 2.14. The molecule has 2 saturated heterocycles. The van der Waals surface area contributed by atoms with E-state index in [1.54, 1.807) is 4.90 Å². The predicted molar refractivity (Wildman–Crippen MR) is 103 cm³/mol. The maximum atomic E-state index is 13.0. The molecule has 2 heterocycles. The topological polar surface area (TPSA) is 64.1 Å². The minimum Gasteiger partial charge on any atom is -0.481 e. The Morgan fingerprint density at radius 1 is 1.22 bits per heavy atom. The largest absolute Gasteiger partial charge is 0.481 e. The van der Waals surface area contributed by atoms with E-state index in [9.17, 15) is 14.7 Å². The number of hydrogen-bond donors (Lipinski definition) is 1. The molecule has 2 aliphatic heterocycles. The van der Waals surface area contributed by atoms with Gasteiger partial charge in [0.2, 0.25) is 0 Å². The van der Waals surface area contributed by atoms with Crippen molar-refractivity contribution in [3.63, 3.8) is 0 Å². The van der Waals surface area contributed by atoms with Crippen molar-refractivity contribution in [3.8, 4) is 0 Å². The van der Waals surface area contributed by atoms with Gasteiger partial charge in [0.25, 0.3) is 5.91 Å². The molecule has 0 aromatic heterocycles. The lowest BCUT2D eigenvalue weighted by molar-refractivity contribution is -0.149. The van der Waals surface area contributed by atoms with E-state index in [0.29, 0.717) is 25.1 Å². The lowest BCUT2D eigenvalue weighted by atomic mass is 9.81. The lowest BCUT2D eigenvalue weighted by Crippen LogP contribution is -2.43. The Bertz CT molecular complexity index is 729. The molecule has 6 nitrogen and oxygen atoms in total. The summed E-state index contributed by atoms with van der Waals surface area (Å²) in [6.45, 7) is 6.03. The summed E-state index contributed by atoms with van der Waals surface area (Å²) in [5.41, 5.74) is 1.12. The first kappa shape index (κ1) is 18.4. The van der Waals surface area contributed by atoms with Crippen molar-refractivity contribution in [2.75, 3.05) is 46.3 Å². The summed E-state index contributed by atoms with van der Waals surface area (Å²) >= 11 is 0. The molecule has 27 heavy (non-hydrogen) atoms. The molecule has 0 unspecified atom stereocenters. The Hall–Kier alpha value is -1.92. The zero-order chi connectivity index (χ0) is 19.0. The van der Waals surface area contributed by atoms with E-state index < -0.39 is 11.4 Å². The highest BCUT2D eigenvalue weighted by Gasteiger charge is 2.55. The van der Waals surface area contributed by atoms with Gasteiger partial charge < -0.3 is 14.9 Å². The summed E-state index contributed by atoms with van der Waals surface area (Å²) in [5.74, 6) is -0.651. The zero-order valence-electron chi connectivity index (χ0n) is 16.1. The van der Waals surface area contributed by atoms with Gasteiger partial charge in [0, 0.05) is 51.4 Å². The van der Waals surface area contributed by atoms with Gasteiger partial charge in [-0.15, -0.1) is 0 Å². The second-order valence-electron chi connectivity index (χ2n) is 8.52. The van der Waals surface area contributed by atoms with Crippen LogP contribution in [0.4, 0.5) is 0 Å². The van der Waals surface area contributed by atoms with Crippen LogP contribution in [0.5, 0.6) is 0 Å². The van der Waals surface area contributed by atoms with Crippen LogP contribution < -0.4 is 0 Å². The van der Waals surface area contributed by atoms with Gasteiger partial charge in [0.1, 0.15) is 0 Å². The third-order valence-electron chi connectivity index (χ3n) is 6.76. The molecule has 0 spiro atoms. The van der Waals surface area contributed by atoms with Crippen LogP contribution >= 0.6 is 0 Å². The number of carbonyl (C=O) groups is 2. The smallest absolute Gasteiger partial charge is 0.311 e. The molecule has 3 aliphatic rings. The summed E-state index contributed by atoms with van der Waals surface area (Å²) < 4.78 is 0. The molecule has 1 aromatic carbocycles. The van der Waals surface area contributed by atoms with E-state index in [1.807, 2.05) is 18.2 Å². The van der Waals surface area contributed by atoms with Crippen molar-refractivity contribution in [1.29, 1.82) is 0 Å². The Morgan fingerprint density at radius 2 is 2.00 bits per heavy atom. The average Bonchev–Trinajstić information content (AvgIpc) is 3.22. The molecule has 6 heteroatoms. The highest BCUT2D eigenvalue weighted by Crippen LogP contribution is 2.49. The van der Waals surface area contributed by atoms with Gasteiger partial charge in [0.15, 0.2) is 0 Å². The molecule has 1 saturated carbocycles. The quantitative estimate of drug-likeness (QED) is 0.874. The van der Waals surface area contributed by atoms with Crippen LogP contribution in [0, 0.1) is 11.3 Å². The molecular formula is C21H29N3O3. The fraction of sp³-hybridized carbons (Fsp3) is 0.619. The molecule has 1 aromatic rings. The summed E-state index contributed by atoms with van der Waals surface area (Å²) in [6.07, 6.45) is 2.57. The molecule has 4 rings (SSSR count). The van der Waals surface area contributed by atoms with Gasteiger partial charge in [-0.1, -0.05) is 18.6 Å². The molecule has 146 valence electrons. The number of fused-ring (bicyclic) bond motifs is 1. The number of carboxylic acid groups (broad SMARTS) is 1. The Morgan fingerprint density at radius 3 is 2.70 bits per heavy atom. The SMILES string of the molecule is CN1CCN(Cc2cccc(C(=O)N3C[C@@H]4CCC[C@@]4(C(=O)O)C3)c2)CC1. The molecule has 3 fully saturated rings. The predicted octanol–water partition coefficient (Wildman–Crippen LogP) is 1.76. The molecule has 1 aliphatic carbocycles. The van der Waals surface area contributed by atoms with E-state index in [2.05, 4.69) is 22.9 Å². The first-order valence-corrected chi connectivity index (χ1v) is 10.0. The Balaban J connectivity index is 1.44. The van der Waals surface area contributed by atoms with Crippen molar-refractivity contribution >= 4 is 11.9 Å². The number of amides is 1.